The van der Waals surface area contributed by atoms with Gasteiger partial charge in [-0.3, -0.25) is 14.4 Å². The molecule has 0 aliphatic heterocycles. The van der Waals surface area contributed by atoms with Crippen LogP contribution in [0.3, 0.4) is 0 Å². The number of nitrogens with two attached hydrogens (primary N) is 1. The van der Waals surface area contributed by atoms with Gasteiger partial charge in [0.25, 0.3) is 5.91 Å². The molecule has 0 spiro atoms. The van der Waals surface area contributed by atoms with Crippen LogP contribution in [0.5, 0.6) is 0 Å². The summed E-state index contributed by atoms with van der Waals surface area (Å²) < 4.78 is 4.69. The van der Waals surface area contributed by atoms with Crippen LogP contribution < -0.4 is 11.1 Å². The Morgan fingerprint density at radius 3 is 2.36 bits per heavy atom. The number of hydrogen-bond donors (Lipinski definition) is 2. The molecule has 0 fully saturated rings. The number of rotatable bonds is 6. The molecule has 0 bridgehead atoms. The van der Waals surface area contributed by atoms with Gasteiger partial charge in [-0.05, 0) is 35.9 Å². The molecule has 0 aromatic heterocycles. The van der Waals surface area contributed by atoms with Gasteiger partial charge in [0.2, 0.25) is 5.91 Å². The lowest BCUT2D eigenvalue weighted by molar-refractivity contribution is -0.141. The van der Waals surface area contributed by atoms with Crippen LogP contribution in [0, 0.1) is 0 Å². The zero-order valence-corrected chi connectivity index (χ0v) is 14.2. The summed E-state index contributed by atoms with van der Waals surface area (Å²) in [5, 5.41) is 3.31. The third kappa shape index (κ3) is 5.06. The Labute approximate surface area is 149 Å². The van der Waals surface area contributed by atoms with E-state index in [2.05, 4.69) is 10.1 Å². The Hall–Kier alpha value is -2.86. The van der Waals surface area contributed by atoms with Crippen LogP contribution in [0.4, 0.5) is 0 Å². The van der Waals surface area contributed by atoms with E-state index >= 15 is 0 Å². The summed E-state index contributed by atoms with van der Waals surface area (Å²) in [5.74, 6) is -1.53. The molecular formula is C18H17ClN2O4. The SMILES string of the molecule is COC(=O)C[C@@H](NC(=O)c1cccc(C(N)=O)c1)c1ccc(Cl)cc1. The van der Waals surface area contributed by atoms with Crippen molar-refractivity contribution < 1.29 is 19.1 Å². The normalized spacial score (nSPS) is 11.4. The fourth-order valence-corrected chi connectivity index (χ4v) is 2.38. The number of primary amides is 1. The largest absolute Gasteiger partial charge is 0.469 e. The molecule has 0 saturated heterocycles. The van der Waals surface area contributed by atoms with E-state index in [1.54, 1.807) is 36.4 Å². The quantitative estimate of drug-likeness (QED) is 0.773. The summed E-state index contributed by atoms with van der Waals surface area (Å²) >= 11 is 5.88. The van der Waals surface area contributed by atoms with Crippen LogP contribution in [0.1, 0.15) is 38.7 Å². The van der Waals surface area contributed by atoms with Crippen molar-refractivity contribution >= 4 is 29.4 Å². The minimum atomic E-state index is -0.626. The molecule has 0 aliphatic rings. The Balaban J connectivity index is 2.24. The fraction of sp³-hybridized carbons (Fsp3) is 0.167. The number of carbonyl (C=O) groups excluding carboxylic acids is 3. The predicted octanol–water partition coefficient (Wildman–Crippen LogP) is 2.47. The second-order valence-corrected chi connectivity index (χ2v) is 5.74. The van der Waals surface area contributed by atoms with Gasteiger partial charge in [-0.25, -0.2) is 0 Å². The van der Waals surface area contributed by atoms with Crippen LogP contribution >= 0.6 is 11.6 Å². The average molecular weight is 361 g/mol. The number of methoxy groups -OCH3 is 1. The highest BCUT2D eigenvalue weighted by atomic mass is 35.5. The van der Waals surface area contributed by atoms with E-state index in [4.69, 9.17) is 17.3 Å². The van der Waals surface area contributed by atoms with Crippen molar-refractivity contribution in [1.29, 1.82) is 0 Å². The van der Waals surface area contributed by atoms with E-state index < -0.39 is 23.8 Å². The van der Waals surface area contributed by atoms with Gasteiger partial charge < -0.3 is 15.8 Å². The van der Waals surface area contributed by atoms with Crippen molar-refractivity contribution in [1.82, 2.24) is 5.32 Å². The number of hydrogen-bond acceptors (Lipinski definition) is 4. The average Bonchev–Trinajstić information content (AvgIpc) is 2.61. The summed E-state index contributed by atoms with van der Waals surface area (Å²) in [5.41, 5.74) is 6.42. The molecule has 0 aliphatic carbocycles. The van der Waals surface area contributed by atoms with E-state index in [1.165, 1.54) is 19.2 Å². The minimum Gasteiger partial charge on any atom is -0.469 e. The topological polar surface area (TPSA) is 98.5 Å². The van der Waals surface area contributed by atoms with E-state index in [-0.39, 0.29) is 17.5 Å². The van der Waals surface area contributed by atoms with Gasteiger partial charge in [0.15, 0.2) is 0 Å². The fourth-order valence-electron chi connectivity index (χ4n) is 2.25. The van der Waals surface area contributed by atoms with Crippen LogP contribution in [-0.2, 0) is 9.53 Å². The van der Waals surface area contributed by atoms with Crippen molar-refractivity contribution in [3.63, 3.8) is 0 Å². The molecule has 0 saturated carbocycles. The highest BCUT2D eigenvalue weighted by Gasteiger charge is 2.20. The van der Waals surface area contributed by atoms with Gasteiger partial charge in [0, 0.05) is 16.1 Å². The van der Waals surface area contributed by atoms with Gasteiger partial charge in [0.1, 0.15) is 0 Å². The van der Waals surface area contributed by atoms with Crippen LogP contribution in [0.25, 0.3) is 0 Å². The van der Waals surface area contributed by atoms with Crippen molar-refractivity contribution in [3.05, 3.63) is 70.2 Å². The summed E-state index contributed by atoms with van der Waals surface area (Å²) in [6, 6.07) is 12.2. The zero-order valence-electron chi connectivity index (χ0n) is 13.5. The van der Waals surface area contributed by atoms with Crippen LogP contribution in [-0.4, -0.2) is 24.9 Å². The van der Waals surface area contributed by atoms with E-state index in [0.29, 0.717) is 10.6 Å². The Morgan fingerprint density at radius 2 is 1.76 bits per heavy atom. The van der Waals surface area contributed by atoms with Crippen LogP contribution in [0.15, 0.2) is 48.5 Å². The number of carbonyl (C=O) groups is 3. The molecule has 0 unspecified atom stereocenters. The van der Waals surface area contributed by atoms with Crippen molar-refractivity contribution in [2.24, 2.45) is 5.73 Å². The monoisotopic (exact) mass is 360 g/mol. The highest BCUT2D eigenvalue weighted by molar-refractivity contribution is 6.30. The highest BCUT2D eigenvalue weighted by Crippen LogP contribution is 2.21. The second-order valence-electron chi connectivity index (χ2n) is 5.30. The molecule has 2 aromatic carbocycles. The molecule has 0 radical (unpaired) electrons. The molecule has 2 amide bonds. The first kappa shape index (κ1) is 18.5. The molecular weight excluding hydrogens is 344 g/mol. The van der Waals surface area contributed by atoms with Gasteiger partial charge in [0.05, 0.1) is 19.6 Å². The number of nitrogens with one attached hydrogen (secondary N) is 1. The van der Waals surface area contributed by atoms with Crippen molar-refractivity contribution in [3.8, 4) is 0 Å². The van der Waals surface area contributed by atoms with E-state index in [1.807, 2.05) is 0 Å². The number of benzene rings is 2. The minimum absolute atomic E-state index is 0.0423. The maximum Gasteiger partial charge on any atom is 0.307 e. The lowest BCUT2D eigenvalue weighted by Gasteiger charge is -2.18. The Morgan fingerprint density at radius 1 is 1.12 bits per heavy atom. The molecule has 2 aromatic rings. The summed E-state index contributed by atoms with van der Waals surface area (Å²) in [6.45, 7) is 0. The van der Waals surface area contributed by atoms with Gasteiger partial charge >= 0.3 is 5.97 Å². The summed E-state index contributed by atoms with van der Waals surface area (Å²) in [7, 11) is 1.28. The smallest absolute Gasteiger partial charge is 0.307 e. The molecule has 130 valence electrons. The number of ether oxygens (including phenoxy) is 1. The molecule has 25 heavy (non-hydrogen) atoms. The van der Waals surface area contributed by atoms with E-state index in [9.17, 15) is 14.4 Å². The van der Waals surface area contributed by atoms with Crippen molar-refractivity contribution in [2.45, 2.75) is 12.5 Å². The van der Waals surface area contributed by atoms with E-state index in [0.717, 1.165) is 0 Å². The maximum atomic E-state index is 12.5. The van der Waals surface area contributed by atoms with Crippen LogP contribution in [0.2, 0.25) is 5.02 Å². The third-order valence-corrected chi connectivity index (χ3v) is 3.84. The third-order valence-electron chi connectivity index (χ3n) is 3.59. The lowest BCUT2D eigenvalue weighted by Crippen LogP contribution is -2.30. The van der Waals surface area contributed by atoms with Gasteiger partial charge in [-0.1, -0.05) is 29.8 Å². The first-order chi connectivity index (χ1) is 11.9. The molecule has 0 heterocycles. The molecule has 1 atom stereocenters. The lowest BCUT2D eigenvalue weighted by atomic mass is 10.0. The van der Waals surface area contributed by atoms with Gasteiger partial charge in [-0.15, -0.1) is 0 Å². The number of esters is 1. The second kappa shape index (κ2) is 8.30. The zero-order chi connectivity index (χ0) is 18.4. The standard InChI is InChI=1S/C18H17ClN2O4/c1-25-16(22)10-15(11-5-7-14(19)8-6-11)21-18(24)13-4-2-3-12(9-13)17(20)23/h2-9,15H,10H2,1H3,(H2,20,23)(H,21,24)/t15-/m1/s1. The molecule has 2 rings (SSSR count). The van der Waals surface area contributed by atoms with Crippen molar-refractivity contribution in [2.75, 3.05) is 7.11 Å². The molecule has 6 nitrogen and oxygen atoms in total. The summed E-state index contributed by atoms with van der Waals surface area (Å²) in [4.78, 5) is 35.4. The Bertz CT molecular complexity index is 790. The summed E-state index contributed by atoms with van der Waals surface area (Å²) in [6.07, 6.45) is -0.0423. The van der Waals surface area contributed by atoms with Gasteiger partial charge in [-0.2, -0.15) is 0 Å². The maximum absolute atomic E-state index is 12.5. The first-order valence-corrected chi connectivity index (χ1v) is 7.81. The number of halogens is 1. The number of amides is 2. The molecule has 3 N–H and O–H groups in total. The molecule has 7 heteroatoms. The predicted molar refractivity (Wildman–Crippen MR) is 93.3 cm³/mol. The first-order valence-electron chi connectivity index (χ1n) is 7.43. The Kier molecular flexibility index (Phi) is 6.14.